The largest absolute Gasteiger partial charge is 0.385 e. The number of alkyl halides is 6. The number of thioether (sulfide) groups is 1. The lowest BCUT2D eigenvalue weighted by atomic mass is 9.73. The van der Waals surface area contributed by atoms with Gasteiger partial charge in [-0.1, -0.05) is 96.0 Å². The average molecular weight is 1290 g/mol. The van der Waals surface area contributed by atoms with Crippen LogP contribution in [0.3, 0.4) is 0 Å². The summed E-state index contributed by atoms with van der Waals surface area (Å²) in [6, 6.07) is 23.9. The Balaban J connectivity index is 1.53. The van der Waals surface area contributed by atoms with Gasteiger partial charge in [-0.3, -0.25) is 0 Å². The third kappa shape index (κ3) is 12.6. The molecular formula is C62H84F6O6S6Si2. The number of thiophene rings is 5. The Morgan fingerprint density at radius 3 is 1.27 bits per heavy atom. The molecule has 6 nitrogen and oxygen atoms in total. The van der Waals surface area contributed by atoms with Crippen LogP contribution < -0.4 is 9.00 Å². The minimum atomic E-state index is -5.71. The molecule has 1 aliphatic heterocycles. The van der Waals surface area contributed by atoms with E-state index in [0.717, 1.165) is 104 Å². The second-order valence-corrected chi connectivity index (χ2v) is 41.1. The summed E-state index contributed by atoms with van der Waals surface area (Å²) in [6.07, 6.45) is 6.62. The van der Waals surface area contributed by atoms with E-state index in [2.05, 4.69) is 65.8 Å². The van der Waals surface area contributed by atoms with Gasteiger partial charge in [-0.15, -0.1) is 68.4 Å². The fourth-order valence-electron chi connectivity index (χ4n) is 12.8. The summed E-state index contributed by atoms with van der Waals surface area (Å²) in [6.45, 7) is 16.1. The van der Waals surface area contributed by atoms with Gasteiger partial charge in [0.25, 0.3) is 0 Å². The smallest absolute Gasteiger partial charge is 0.380 e. The van der Waals surface area contributed by atoms with Gasteiger partial charge >= 0.3 is 17.8 Å². The van der Waals surface area contributed by atoms with Crippen molar-refractivity contribution in [3.8, 4) is 9.75 Å². The Morgan fingerprint density at radius 2 is 0.878 bits per heavy atom. The van der Waals surface area contributed by atoms with Gasteiger partial charge in [0.15, 0.2) is 0 Å². The van der Waals surface area contributed by atoms with Gasteiger partial charge in [0, 0.05) is 149 Å². The molecule has 8 rings (SSSR count). The molecule has 2 unspecified atom stereocenters. The molecule has 0 saturated carbocycles. The van der Waals surface area contributed by atoms with Crippen molar-refractivity contribution in [2.24, 2.45) is 5.92 Å². The van der Waals surface area contributed by atoms with Crippen molar-refractivity contribution in [1.29, 1.82) is 0 Å². The van der Waals surface area contributed by atoms with E-state index in [1.807, 2.05) is 24.3 Å². The molecule has 0 bridgehead atoms. The molecule has 5 aromatic rings. The van der Waals surface area contributed by atoms with Gasteiger partial charge < -0.3 is 28.4 Å². The molecule has 454 valence electrons. The molecule has 20 heteroatoms. The number of allylic oxidation sites excluding steroid dienone is 3. The van der Waals surface area contributed by atoms with Crippen LogP contribution >= 0.6 is 68.4 Å². The van der Waals surface area contributed by atoms with E-state index >= 15 is 26.3 Å². The van der Waals surface area contributed by atoms with E-state index in [1.54, 1.807) is 77.5 Å². The quantitative estimate of drug-likeness (QED) is 0.0258. The second-order valence-electron chi connectivity index (χ2n) is 24.6. The summed E-state index contributed by atoms with van der Waals surface area (Å²) >= 11 is 9.16. The lowest BCUT2D eigenvalue weighted by Crippen LogP contribution is -2.51. The van der Waals surface area contributed by atoms with Crippen molar-refractivity contribution in [2.75, 3.05) is 82.3 Å². The van der Waals surface area contributed by atoms with E-state index in [-0.39, 0.29) is 16.4 Å². The van der Waals surface area contributed by atoms with Crippen LogP contribution in [0.1, 0.15) is 115 Å². The molecule has 2 aliphatic carbocycles. The molecule has 0 N–H and O–H groups in total. The number of ether oxygens (including phenoxy) is 6. The first-order valence-corrected chi connectivity index (χ1v) is 38.9. The first-order valence-electron chi connectivity index (χ1n) is 28.7. The molecule has 82 heavy (non-hydrogen) atoms. The number of rotatable bonds is 30. The van der Waals surface area contributed by atoms with Crippen molar-refractivity contribution < 1.29 is 54.8 Å². The minimum absolute atomic E-state index is 0.212. The van der Waals surface area contributed by atoms with Crippen molar-refractivity contribution in [3.63, 3.8) is 0 Å². The molecule has 0 fully saturated rings. The summed E-state index contributed by atoms with van der Waals surface area (Å²) in [4.78, 5) is 6.97. The maximum atomic E-state index is 17.7. The van der Waals surface area contributed by atoms with Crippen LogP contribution in [0.2, 0.25) is 36.3 Å². The SMILES string of the molecule is COCCC[Si](CCCOC)(CCCOC)c1ccc(C2(c3ccc([Si](CCCOC)(CCCOC)CCCOC)s3)c3sc(-c4ccc(C(C)(C)C)s4)cc3C3=C(C4C=C(c5ccc(C(C)(C)C)s5)SC42)C(F)(F)C(F)(F)C3(F)F)s1. The third-order valence-corrected chi connectivity index (χ3v) is 38.7. The fraction of sp³-hybridized carbons (Fsp3) is 0.613. The molecule has 5 aromatic heterocycles. The summed E-state index contributed by atoms with van der Waals surface area (Å²) < 4.78 is 141. The third-order valence-electron chi connectivity index (χ3n) is 17.0. The Morgan fingerprint density at radius 1 is 0.476 bits per heavy atom. The van der Waals surface area contributed by atoms with Crippen LogP contribution in [0, 0.1) is 5.92 Å². The van der Waals surface area contributed by atoms with E-state index in [0.29, 0.717) is 54.3 Å². The monoisotopic (exact) mass is 1290 g/mol. The van der Waals surface area contributed by atoms with Gasteiger partial charge in [-0.05, 0) is 106 Å². The second kappa shape index (κ2) is 26.8. The van der Waals surface area contributed by atoms with E-state index in [1.165, 1.54) is 54.8 Å². The number of hydrogen-bond acceptors (Lipinski definition) is 12. The zero-order valence-corrected chi connectivity index (χ0v) is 56.7. The van der Waals surface area contributed by atoms with E-state index in [9.17, 15) is 0 Å². The highest BCUT2D eigenvalue weighted by atomic mass is 32.2. The van der Waals surface area contributed by atoms with Gasteiger partial charge in [-0.25, -0.2) is 0 Å². The maximum Gasteiger partial charge on any atom is 0.380 e. The van der Waals surface area contributed by atoms with Crippen LogP contribution in [0.5, 0.6) is 0 Å². The number of halogens is 6. The molecule has 2 atom stereocenters. The molecule has 0 amide bonds. The van der Waals surface area contributed by atoms with Crippen molar-refractivity contribution >= 4 is 104 Å². The lowest BCUT2D eigenvalue weighted by Gasteiger charge is -2.41. The van der Waals surface area contributed by atoms with Gasteiger partial charge in [0.05, 0.1) is 21.6 Å². The zero-order valence-electron chi connectivity index (χ0n) is 49.8. The summed E-state index contributed by atoms with van der Waals surface area (Å²) in [5.41, 5.74) is -4.54. The van der Waals surface area contributed by atoms with Crippen molar-refractivity contribution in [3.05, 3.63) is 101 Å². The first-order chi connectivity index (χ1) is 38.9. The van der Waals surface area contributed by atoms with Crippen LogP contribution in [0.4, 0.5) is 26.3 Å². The van der Waals surface area contributed by atoms with Gasteiger partial charge in [-0.2, -0.15) is 26.3 Å². The highest BCUT2D eigenvalue weighted by Gasteiger charge is 2.82. The minimum Gasteiger partial charge on any atom is -0.385 e. The molecular weight excluding hydrogens is 1200 g/mol. The van der Waals surface area contributed by atoms with Crippen molar-refractivity contribution in [1.82, 2.24) is 0 Å². The molecule has 3 aliphatic rings. The van der Waals surface area contributed by atoms with Crippen LogP contribution in [-0.4, -0.2) is 121 Å². The number of methoxy groups -OCH3 is 6. The first kappa shape index (κ1) is 66.1. The maximum absolute atomic E-state index is 17.7. The predicted octanol–water partition coefficient (Wildman–Crippen LogP) is 17.6. The van der Waals surface area contributed by atoms with Gasteiger partial charge in [0.2, 0.25) is 0 Å². The van der Waals surface area contributed by atoms with Crippen LogP contribution in [0.25, 0.3) is 20.2 Å². The van der Waals surface area contributed by atoms with Crippen LogP contribution in [-0.2, 0) is 44.7 Å². The molecule has 0 spiro atoms. The van der Waals surface area contributed by atoms with E-state index in [4.69, 9.17) is 28.4 Å². The van der Waals surface area contributed by atoms with Crippen LogP contribution in [0.15, 0.2) is 66.2 Å². The predicted molar refractivity (Wildman–Crippen MR) is 341 cm³/mol. The molecule has 0 aromatic carbocycles. The average Bonchev–Trinajstić information content (AvgIpc) is 4.46. The Kier molecular flexibility index (Phi) is 21.6. The normalized spacial score (nSPS) is 19.4. The summed E-state index contributed by atoms with van der Waals surface area (Å²) in [7, 11) is 5.28. The Labute approximate surface area is 509 Å². The van der Waals surface area contributed by atoms with Crippen molar-refractivity contribution in [2.45, 2.75) is 156 Å². The molecule has 0 radical (unpaired) electrons. The molecule has 0 saturated heterocycles. The highest BCUT2D eigenvalue weighted by molar-refractivity contribution is 8.09. The zero-order chi connectivity index (χ0) is 59.5. The standard InChI is InChI=1S/C62H84F6O6S6Si2/c1-57(2,3)47-21-19-43(75-47)45-39-41-53-54(61(65,66)62(67,68)60(53,63)64)42-40-46(44-20-22-48(76-44)58(4,5)6)78-56(42)59(55(41)77-45,49-23-25-51(79-49)81(33-13-27-69-7,34-14-28-70-8)35-15-29-71-9)50-24-26-52(80-50)82(36-16-30-72-10,37-17-31-73-11)38-18-32-74-12/h19-26,39-41,55H,13-18,27-38H2,1-12H3. The Bertz CT molecular complexity index is 2850. The summed E-state index contributed by atoms with van der Waals surface area (Å²) in [5, 5.41) is -0.999. The number of hydrogen-bond donors (Lipinski definition) is 0. The topological polar surface area (TPSA) is 55.4 Å². The summed E-state index contributed by atoms with van der Waals surface area (Å²) in [5.74, 6) is -17.7. The van der Waals surface area contributed by atoms with E-state index < -0.39 is 61.6 Å². The Hall–Kier alpha value is -1.90. The molecule has 6 heterocycles. The lowest BCUT2D eigenvalue weighted by molar-refractivity contribution is -0.261. The number of fused-ring (bicyclic) bond motifs is 4. The fourth-order valence-corrected chi connectivity index (χ4v) is 33.6. The van der Waals surface area contributed by atoms with Gasteiger partial charge in [0.1, 0.15) is 0 Å². The highest BCUT2D eigenvalue weighted by Crippen LogP contribution is 2.72.